The zero-order valence-electron chi connectivity index (χ0n) is 9.92. The molecule has 0 aliphatic carbocycles. The van der Waals surface area contributed by atoms with Gasteiger partial charge in [0.05, 0.1) is 14.2 Å². The van der Waals surface area contributed by atoms with Crippen molar-refractivity contribution in [2.24, 2.45) is 5.73 Å². The highest BCUT2D eigenvalue weighted by atomic mass is 19.1. The third kappa shape index (κ3) is 2.64. The summed E-state index contributed by atoms with van der Waals surface area (Å²) in [4.78, 5) is 0. The Morgan fingerprint density at radius 1 is 1.31 bits per heavy atom. The van der Waals surface area contributed by atoms with Gasteiger partial charge in [-0.2, -0.15) is 0 Å². The van der Waals surface area contributed by atoms with Crippen LogP contribution in [0.3, 0.4) is 0 Å². The number of hydrogen-bond donors (Lipinski definition) is 1. The van der Waals surface area contributed by atoms with E-state index in [1.807, 2.05) is 6.92 Å². The molecule has 0 heterocycles. The maximum Gasteiger partial charge on any atom is 0.196 e. The van der Waals surface area contributed by atoms with E-state index in [1.54, 1.807) is 6.07 Å². The molecule has 3 nitrogen and oxygen atoms in total. The van der Waals surface area contributed by atoms with Crippen LogP contribution in [0, 0.1) is 5.82 Å². The van der Waals surface area contributed by atoms with Crippen molar-refractivity contribution in [3.05, 3.63) is 23.5 Å². The van der Waals surface area contributed by atoms with Crippen LogP contribution in [0.15, 0.2) is 12.1 Å². The van der Waals surface area contributed by atoms with Gasteiger partial charge in [-0.3, -0.25) is 0 Å². The summed E-state index contributed by atoms with van der Waals surface area (Å²) in [6, 6.07) is 3.27. The van der Waals surface area contributed by atoms with Gasteiger partial charge in [-0.15, -0.1) is 0 Å². The molecule has 0 amide bonds. The number of rotatable bonds is 5. The van der Waals surface area contributed by atoms with Crippen molar-refractivity contribution in [3.8, 4) is 11.5 Å². The van der Waals surface area contributed by atoms with Crippen LogP contribution < -0.4 is 15.2 Å². The van der Waals surface area contributed by atoms with E-state index in [-0.39, 0.29) is 11.7 Å². The second kappa shape index (κ2) is 5.70. The summed E-state index contributed by atoms with van der Waals surface area (Å²) in [7, 11) is 2.92. The second-order valence-electron chi connectivity index (χ2n) is 3.72. The van der Waals surface area contributed by atoms with Gasteiger partial charge in [0, 0.05) is 0 Å². The molecule has 0 aliphatic rings. The molecule has 0 spiro atoms. The van der Waals surface area contributed by atoms with Gasteiger partial charge in [0.15, 0.2) is 17.3 Å². The van der Waals surface area contributed by atoms with Crippen LogP contribution in [0.5, 0.6) is 11.5 Å². The molecule has 2 N–H and O–H groups in total. The number of halogens is 1. The van der Waals surface area contributed by atoms with Gasteiger partial charge in [0.1, 0.15) is 0 Å². The fourth-order valence-corrected chi connectivity index (χ4v) is 1.64. The fraction of sp³-hybridized carbons (Fsp3) is 0.500. The quantitative estimate of drug-likeness (QED) is 0.839. The van der Waals surface area contributed by atoms with Crippen LogP contribution in [0.2, 0.25) is 0 Å². The maximum absolute atomic E-state index is 13.7. The molecule has 1 rings (SSSR count). The van der Waals surface area contributed by atoms with Crippen LogP contribution in [-0.2, 0) is 0 Å². The Balaban J connectivity index is 3.09. The fourth-order valence-electron chi connectivity index (χ4n) is 1.64. The summed E-state index contributed by atoms with van der Waals surface area (Å²) >= 11 is 0. The van der Waals surface area contributed by atoms with Gasteiger partial charge in [-0.05, 0) is 36.6 Å². The molecule has 0 radical (unpaired) electrons. The van der Waals surface area contributed by atoms with Crippen molar-refractivity contribution >= 4 is 0 Å². The first kappa shape index (κ1) is 12.8. The van der Waals surface area contributed by atoms with E-state index in [9.17, 15) is 4.39 Å². The Labute approximate surface area is 95.4 Å². The van der Waals surface area contributed by atoms with Crippen molar-refractivity contribution in [1.29, 1.82) is 0 Å². The van der Waals surface area contributed by atoms with E-state index in [0.29, 0.717) is 12.3 Å². The first-order valence-electron chi connectivity index (χ1n) is 5.25. The highest BCUT2D eigenvalue weighted by Crippen LogP contribution is 2.34. The average molecular weight is 227 g/mol. The second-order valence-corrected chi connectivity index (χ2v) is 3.72. The number of hydrogen-bond acceptors (Lipinski definition) is 3. The van der Waals surface area contributed by atoms with Crippen molar-refractivity contribution < 1.29 is 13.9 Å². The van der Waals surface area contributed by atoms with Crippen LogP contribution in [0.4, 0.5) is 4.39 Å². The lowest BCUT2D eigenvalue weighted by atomic mass is 9.97. The molecule has 90 valence electrons. The Bertz CT molecular complexity index is 355. The number of benzene rings is 1. The van der Waals surface area contributed by atoms with Crippen molar-refractivity contribution in [2.45, 2.75) is 19.3 Å². The van der Waals surface area contributed by atoms with Gasteiger partial charge in [-0.25, -0.2) is 4.39 Å². The first-order valence-corrected chi connectivity index (χ1v) is 5.25. The summed E-state index contributed by atoms with van der Waals surface area (Å²) in [5.74, 6) is 0.368. The van der Waals surface area contributed by atoms with Gasteiger partial charge in [0.25, 0.3) is 0 Å². The average Bonchev–Trinajstić information content (AvgIpc) is 2.28. The molecule has 4 heteroatoms. The molecule has 0 aromatic heterocycles. The van der Waals surface area contributed by atoms with Crippen LogP contribution >= 0.6 is 0 Å². The molecular weight excluding hydrogens is 209 g/mol. The summed E-state index contributed by atoms with van der Waals surface area (Å²) < 4.78 is 23.7. The van der Waals surface area contributed by atoms with Crippen LogP contribution in [-0.4, -0.2) is 20.8 Å². The number of nitrogens with two attached hydrogens (primary N) is 1. The lowest BCUT2D eigenvalue weighted by Gasteiger charge is -2.15. The molecule has 16 heavy (non-hydrogen) atoms. The van der Waals surface area contributed by atoms with Crippen molar-refractivity contribution in [2.75, 3.05) is 20.8 Å². The highest BCUT2D eigenvalue weighted by Gasteiger charge is 2.15. The molecule has 0 saturated heterocycles. The van der Waals surface area contributed by atoms with Crippen LogP contribution in [0.1, 0.15) is 24.8 Å². The van der Waals surface area contributed by atoms with E-state index in [4.69, 9.17) is 15.2 Å². The topological polar surface area (TPSA) is 44.5 Å². The van der Waals surface area contributed by atoms with Gasteiger partial charge >= 0.3 is 0 Å². The minimum Gasteiger partial charge on any atom is -0.493 e. The molecule has 1 aromatic carbocycles. The third-order valence-electron chi connectivity index (χ3n) is 2.62. The van der Waals surface area contributed by atoms with E-state index >= 15 is 0 Å². The Morgan fingerprint density at radius 3 is 2.50 bits per heavy atom. The largest absolute Gasteiger partial charge is 0.493 e. The van der Waals surface area contributed by atoms with Crippen LogP contribution in [0.25, 0.3) is 0 Å². The molecule has 0 saturated carbocycles. The SMILES string of the molecule is COc1cc(C(C)CCN)cc(F)c1OC. The molecular formula is C12H18FNO2. The minimum absolute atomic E-state index is 0.145. The molecule has 0 bridgehead atoms. The standard InChI is InChI=1S/C12H18FNO2/c1-8(4-5-14)9-6-10(13)12(16-3)11(7-9)15-2/h6-8H,4-5,14H2,1-3H3. The lowest BCUT2D eigenvalue weighted by Crippen LogP contribution is -2.05. The van der Waals surface area contributed by atoms with Gasteiger partial charge in [0.2, 0.25) is 0 Å². The zero-order chi connectivity index (χ0) is 12.1. The predicted octanol–water partition coefficient (Wildman–Crippen LogP) is 2.30. The summed E-state index contributed by atoms with van der Waals surface area (Å²) in [5, 5.41) is 0. The van der Waals surface area contributed by atoms with E-state index in [1.165, 1.54) is 20.3 Å². The lowest BCUT2D eigenvalue weighted by molar-refractivity contribution is 0.336. The predicted molar refractivity (Wildman–Crippen MR) is 61.6 cm³/mol. The normalized spacial score (nSPS) is 12.3. The first-order chi connectivity index (χ1) is 7.63. The number of ether oxygens (including phenoxy) is 2. The summed E-state index contributed by atoms with van der Waals surface area (Å²) in [5.41, 5.74) is 6.36. The maximum atomic E-state index is 13.7. The zero-order valence-corrected chi connectivity index (χ0v) is 9.92. The van der Waals surface area contributed by atoms with Crippen molar-refractivity contribution in [3.63, 3.8) is 0 Å². The van der Waals surface area contributed by atoms with Gasteiger partial charge in [-0.1, -0.05) is 6.92 Å². The monoisotopic (exact) mass is 227 g/mol. The smallest absolute Gasteiger partial charge is 0.196 e. The Morgan fingerprint density at radius 2 is 2.00 bits per heavy atom. The minimum atomic E-state index is -0.402. The van der Waals surface area contributed by atoms with E-state index in [2.05, 4.69) is 0 Å². The van der Waals surface area contributed by atoms with Gasteiger partial charge < -0.3 is 15.2 Å². The molecule has 1 atom stereocenters. The molecule has 0 aliphatic heterocycles. The third-order valence-corrected chi connectivity index (χ3v) is 2.62. The Hall–Kier alpha value is -1.29. The van der Waals surface area contributed by atoms with E-state index in [0.717, 1.165) is 12.0 Å². The summed E-state index contributed by atoms with van der Waals surface area (Å²) in [6.45, 7) is 2.59. The Kier molecular flexibility index (Phi) is 4.55. The summed E-state index contributed by atoms with van der Waals surface area (Å²) in [6.07, 6.45) is 0.814. The van der Waals surface area contributed by atoms with E-state index < -0.39 is 5.82 Å². The van der Waals surface area contributed by atoms with Crippen molar-refractivity contribution in [1.82, 2.24) is 0 Å². The molecule has 0 fully saturated rings. The molecule has 1 unspecified atom stereocenters. The highest BCUT2D eigenvalue weighted by molar-refractivity contribution is 5.45. The number of methoxy groups -OCH3 is 2. The molecule has 1 aromatic rings.